The summed E-state index contributed by atoms with van der Waals surface area (Å²) < 4.78 is 0.774. The van der Waals surface area contributed by atoms with E-state index in [2.05, 4.69) is 55.3 Å². The van der Waals surface area contributed by atoms with Crippen LogP contribution in [0.15, 0.2) is 10.9 Å². The lowest BCUT2D eigenvalue weighted by atomic mass is 9.96. The molecular weight excluding hydrogens is 289 g/mol. The van der Waals surface area contributed by atoms with E-state index >= 15 is 0 Å². The second kappa shape index (κ2) is 4.47. The van der Waals surface area contributed by atoms with Crippen molar-refractivity contribution in [3.05, 3.63) is 31.2 Å². The van der Waals surface area contributed by atoms with Gasteiger partial charge in [0.1, 0.15) is 0 Å². The predicted octanol–water partition coefficient (Wildman–Crippen LogP) is 3.23. The largest absolute Gasteiger partial charge is 0.325 e. The number of hydrogen-bond acceptors (Lipinski definition) is 1. The van der Waals surface area contributed by atoms with E-state index in [0.717, 1.165) is 9.26 Å². The predicted molar refractivity (Wildman–Crippen MR) is 68.0 cm³/mol. The quantitative estimate of drug-likeness (QED) is 0.836. The molecule has 0 aliphatic rings. The van der Waals surface area contributed by atoms with Crippen molar-refractivity contribution >= 4 is 22.6 Å². The third kappa shape index (κ3) is 2.38. The summed E-state index contributed by atoms with van der Waals surface area (Å²) in [6.45, 7) is 8.50. The maximum atomic E-state index is 11.5. The van der Waals surface area contributed by atoms with Gasteiger partial charge in [-0.2, -0.15) is 0 Å². The average molecular weight is 305 g/mol. The van der Waals surface area contributed by atoms with E-state index in [-0.39, 0.29) is 5.56 Å². The number of hydrogen-bond donors (Lipinski definition) is 1. The fourth-order valence-electron chi connectivity index (χ4n) is 1.49. The molecular formula is C11H16INO. The lowest BCUT2D eigenvalue weighted by Crippen LogP contribution is -2.16. The van der Waals surface area contributed by atoms with E-state index in [1.54, 1.807) is 0 Å². The summed E-state index contributed by atoms with van der Waals surface area (Å²) in [4.78, 5) is 14.4. The Bertz CT molecular complexity index is 379. The molecule has 0 atom stereocenters. The van der Waals surface area contributed by atoms with Gasteiger partial charge in [-0.25, -0.2) is 0 Å². The molecule has 0 saturated heterocycles. The van der Waals surface area contributed by atoms with Gasteiger partial charge >= 0.3 is 0 Å². The van der Waals surface area contributed by atoms with Crippen LogP contribution in [0.2, 0.25) is 0 Å². The molecule has 0 bridgehead atoms. The van der Waals surface area contributed by atoms with Crippen molar-refractivity contribution in [1.29, 1.82) is 0 Å². The van der Waals surface area contributed by atoms with Gasteiger partial charge in [0, 0.05) is 5.69 Å². The maximum absolute atomic E-state index is 11.5. The lowest BCUT2D eigenvalue weighted by molar-refractivity contribution is 0.750. The Labute approximate surface area is 98.3 Å². The molecule has 1 heterocycles. The molecule has 0 amide bonds. The Hall–Kier alpha value is -0.320. The van der Waals surface area contributed by atoms with E-state index in [9.17, 15) is 4.79 Å². The van der Waals surface area contributed by atoms with Crippen LogP contribution in [0.25, 0.3) is 0 Å². The molecule has 0 aromatic carbocycles. The third-order valence-electron chi connectivity index (χ3n) is 2.26. The maximum Gasteiger partial charge on any atom is 0.261 e. The second-order valence-electron chi connectivity index (χ2n) is 4.12. The Kier molecular flexibility index (Phi) is 3.75. The normalized spacial score (nSPS) is 11.4. The second-order valence-corrected chi connectivity index (χ2v) is 5.29. The van der Waals surface area contributed by atoms with E-state index in [1.807, 2.05) is 6.07 Å². The minimum absolute atomic E-state index is 0.0266. The molecule has 1 rings (SSSR count). The molecule has 1 aromatic rings. The summed E-state index contributed by atoms with van der Waals surface area (Å²) in [5, 5.41) is 0. The SMILES string of the molecule is CC(C)c1cc(I)c(=O)[nH]c1C(C)C. The Morgan fingerprint density at radius 1 is 1.21 bits per heavy atom. The van der Waals surface area contributed by atoms with E-state index in [0.29, 0.717) is 11.8 Å². The van der Waals surface area contributed by atoms with E-state index in [4.69, 9.17) is 0 Å². The summed E-state index contributed by atoms with van der Waals surface area (Å²) in [6.07, 6.45) is 0. The lowest BCUT2D eigenvalue weighted by Gasteiger charge is -2.15. The summed E-state index contributed by atoms with van der Waals surface area (Å²) >= 11 is 2.08. The minimum Gasteiger partial charge on any atom is -0.325 e. The Morgan fingerprint density at radius 2 is 1.79 bits per heavy atom. The van der Waals surface area contributed by atoms with Crippen LogP contribution in [0, 0.1) is 3.57 Å². The highest BCUT2D eigenvalue weighted by atomic mass is 127. The Morgan fingerprint density at radius 3 is 2.21 bits per heavy atom. The highest BCUT2D eigenvalue weighted by molar-refractivity contribution is 14.1. The van der Waals surface area contributed by atoms with Crippen molar-refractivity contribution < 1.29 is 0 Å². The van der Waals surface area contributed by atoms with Crippen molar-refractivity contribution in [1.82, 2.24) is 4.98 Å². The molecule has 0 radical (unpaired) electrons. The van der Waals surface area contributed by atoms with Gasteiger partial charge in [-0.1, -0.05) is 27.7 Å². The van der Waals surface area contributed by atoms with E-state index < -0.39 is 0 Å². The number of aromatic amines is 1. The number of halogens is 1. The number of pyridine rings is 1. The topological polar surface area (TPSA) is 32.9 Å². The van der Waals surface area contributed by atoms with Crippen LogP contribution in [0.5, 0.6) is 0 Å². The van der Waals surface area contributed by atoms with Crippen molar-refractivity contribution in [2.45, 2.75) is 39.5 Å². The van der Waals surface area contributed by atoms with Crippen LogP contribution in [0.4, 0.5) is 0 Å². The van der Waals surface area contributed by atoms with Gasteiger partial charge in [-0.3, -0.25) is 4.79 Å². The zero-order valence-electron chi connectivity index (χ0n) is 9.02. The van der Waals surface area contributed by atoms with Crippen LogP contribution >= 0.6 is 22.6 Å². The summed E-state index contributed by atoms with van der Waals surface area (Å²) in [6, 6.07) is 2.00. The van der Waals surface area contributed by atoms with Crippen LogP contribution in [0.1, 0.15) is 50.8 Å². The monoisotopic (exact) mass is 305 g/mol. The smallest absolute Gasteiger partial charge is 0.261 e. The Balaban J connectivity index is 3.39. The van der Waals surface area contributed by atoms with Crippen molar-refractivity contribution in [2.24, 2.45) is 0 Å². The summed E-state index contributed by atoms with van der Waals surface area (Å²) in [5.41, 5.74) is 2.35. The van der Waals surface area contributed by atoms with Gasteiger partial charge in [0.15, 0.2) is 0 Å². The van der Waals surface area contributed by atoms with Gasteiger partial charge in [0.2, 0.25) is 0 Å². The van der Waals surface area contributed by atoms with Crippen LogP contribution in [0.3, 0.4) is 0 Å². The van der Waals surface area contributed by atoms with Gasteiger partial charge in [0.25, 0.3) is 5.56 Å². The number of aromatic nitrogens is 1. The molecule has 0 fully saturated rings. The summed E-state index contributed by atoms with van der Waals surface area (Å²) in [5.74, 6) is 0.829. The molecule has 3 heteroatoms. The van der Waals surface area contributed by atoms with Crippen molar-refractivity contribution in [3.8, 4) is 0 Å². The number of rotatable bonds is 2. The summed E-state index contributed by atoms with van der Waals surface area (Å²) in [7, 11) is 0. The van der Waals surface area contributed by atoms with Gasteiger partial charge in [-0.15, -0.1) is 0 Å². The van der Waals surface area contributed by atoms with Gasteiger partial charge < -0.3 is 4.98 Å². The molecule has 0 unspecified atom stereocenters. The van der Waals surface area contributed by atoms with E-state index in [1.165, 1.54) is 5.56 Å². The molecule has 0 saturated carbocycles. The molecule has 1 aromatic heterocycles. The zero-order valence-corrected chi connectivity index (χ0v) is 11.2. The van der Waals surface area contributed by atoms with Gasteiger partial charge in [0.05, 0.1) is 3.57 Å². The van der Waals surface area contributed by atoms with Crippen LogP contribution < -0.4 is 5.56 Å². The fourth-order valence-corrected chi connectivity index (χ4v) is 1.96. The van der Waals surface area contributed by atoms with Crippen molar-refractivity contribution in [3.63, 3.8) is 0 Å². The fraction of sp³-hybridized carbons (Fsp3) is 0.545. The molecule has 78 valence electrons. The standard InChI is InChI=1S/C11H16INO/c1-6(2)8-5-9(12)11(14)13-10(8)7(3)4/h5-7H,1-4H3,(H,13,14). The first-order chi connectivity index (χ1) is 6.43. The molecule has 0 aliphatic heterocycles. The van der Waals surface area contributed by atoms with Crippen LogP contribution in [-0.4, -0.2) is 4.98 Å². The van der Waals surface area contributed by atoms with Gasteiger partial charge in [-0.05, 0) is 46.1 Å². The molecule has 0 spiro atoms. The highest BCUT2D eigenvalue weighted by Gasteiger charge is 2.12. The van der Waals surface area contributed by atoms with Crippen LogP contribution in [-0.2, 0) is 0 Å². The molecule has 2 nitrogen and oxygen atoms in total. The minimum atomic E-state index is 0.0266. The average Bonchev–Trinajstić information content (AvgIpc) is 2.08. The highest BCUT2D eigenvalue weighted by Crippen LogP contribution is 2.23. The molecule has 1 N–H and O–H groups in total. The zero-order chi connectivity index (χ0) is 10.9. The first-order valence-electron chi connectivity index (χ1n) is 4.86. The van der Waals surface area contributed by atoms with Crippen molar-refractivity contribution in [2.75, 3.05) is 0 Å². The first kappa shape index (κ1) is 11.8. The first-order valence-corrected chi connectivity index (χ1v) is 5.94. The number of nitrogens with one attached hydrogen (secondary N) is 1. The molecule has 0 aliphatic carbocycles. The third-order valence-corrected chi connectivity index (χ3v) is 3.06. The number of H-pyrrole nitrogens is 1. The molecule has 14 heavy (non-hydrogen) atoms.